The number of benzene rings is 1. The van der Waals surface area contributed by atoms with Gasteiger partial charge in [-0.05, 0) is 28.1 Å². The van der Waals surface area contributed by atoms with Crippen molar-refractivity contribution in [2.75, 3.05) is 7.11 Å². The highest BCUT2D eigenvalue weighted by molar-refractivity contribution is 9.10. The maximum absolute atomic E-state index is 8.49. The molecule has 0 aliphatic rings. The van der Waals surface area contributed by atoms with Gasteiger partial charge in [-0.3, -0.25) is 4.84 Å². The lowest BCUT2D eigenvalue weighted by molar-refractivity contribution is -2.00. The predicted molar refractivity (Wildman–Crippen MR) is 54.3 cm³/mol. The van der Waals surface area contributed by atoms with Crippen molar-refractivity contribution < 1.29 is 38.4 Å². The smallest absolute Gasteiger partial charge is 0.264 e. The second kappa shape index (κ2) is 6.28. The largest absolute Gasteiger partial charge is 0.274 e. The van der Waals surface area contributed by atoms with Gasteiger partial charge in [0.2, 0.25) is 6.20 Å². The van der Waals surface area contributed by atoms with Crippen molar-refractivity contribution in [1.82, 2.24) is 0 Å². The van der Waals surface area contributed by atoms with Crippen molar-refractivity contribution in [3.05, 3.63) is 41.0 Å². The Labute approximate surface area is 113 Å². The Kier molecular flexibility index (Phi) is 5.27. The van der Waals surface area contributed by atoms with Crippen molar-refractivity contribution in [1.29, 1.82) is 0 Å². The minimum Gasteiger partial charge on any atom is -0.274 e. The van der Waals surface area contributed by atoms with Gasteiger partial charge in [-0.2, -0.15) is 0 Å². The monoisotopic (exact) mass is 337 g/mol. The Bertz CT molecular complexity index is 525. The number of halogens is 2. The lowest BCUT2D eigenvalue weighted by atomic mass is 10.2. The Morgan fingerprint density at radius 3 is 2.28 bits per heavy atom. The van der Waals surface area contributed by atoms with E-state index < -0.39 is 10.2 Å². The van der Waals surface area contributed by atoms with Crippen molar-refractivity contribution in [2.45, 2.75) is 0 Å². The summed E-state index contributed by atoms with van der Waals surface area (Å²) in [6.45, 7) is 0. The summed E-state index contributed by atoms with van der Waals surface area (Å²) in [6.07, 6.45) is 1.89. The molecule has 0 bridgehead atoms. The average molecular weight is 339 g/mol. The molecular formula is C10H9BrClNO5. The van der Waals surface area contributed by atoms with Crippen LogP contribution in [0.4, 0.5) is 0 Å². The first kappa shape index (κ1) is 15.1. The molecule has 0 N–H and O–H groups in total. The normalized spacial score (nSPS) is 10.8. The summed E-state index contributed by atoms with van der Waals surface area (Å²) in [5, 5.41) is 1.15. The van der Waals surface area contributed by atoms with Crippen molar-refractivity contribution in [2.24, 2.45) is 0 Å². The highest BCUT2D eigenvalue weighted by atomic mass is 79.9. The van der Waals surface area contributed by atoms with Crippen LogP contribution < -0.4 is 28.2 Å². The first-order valence-electron chi connectivity index (χ1n) is 4.57. The van der Waals surface area contributed by atoms with Gasteiger partial charge >= 0.3 is 0 Å². The molecule has 0 aliphatic heterocycles. The molecule has 6 nitrogen and oxygen atoms in total. The highest BCUT2D eigenvalue weighted by Gasteiger charge is 2.09. The van der Waals surface area contributed by atoms with Crippen LogP contribution in [0, 0.1) is 10.2 Å². The number of hydrogen-bond acceptors (Lipinski definition) is 5. The number of pyridine rings is 1. The van der Waals surface area contributed by atoms with E-state index in [4.69, 9.17) is 23.5 Å². The topological polar surface area (TPSA) is 105 Å². The van der Waals surface area contributed by atoms with Crippen LogP contribution in [0.3, 0.4) is 0 Å². The summed E-state index contributed by atoms with van der Waals surface area (Å²) < 4.78 is 36.7. The SMILES string of the molecule is CO[n+]1cc(Br)cc2ccccc21.[O-][Cl+3]([O-])([O-])[O-]. The van der Waals surface area contributed by atoms with Gasteiger partial charge in [-0.1, -0.05) is 12.1 Å². The van der Waals surface area contributed by atoms with Gasteiger partial charge in [0.1, 0.15) is 7.11 Å². The molecule has 0 saturated carbocycles. The molecule has 1 heterocycles. The van der Waals surface area contributed by atoms with Gasteiger partial charge in [-0.15, -0.1) is 10.2 Å². The minimum absolute atomic E-state index is 1.01. The van der Waals surface area contributed by atoms with Crippen LogP contribution in [0.25, 0.3) is 10.9 Å². The molecule has 0 radical (unpaired) electrons. The highest BCUT2D eigenvalue weighted by Crippen LogP contribution is 2.14. The fourth-order valence-corrected chi connectivity index (χ4v) is 1.76. The molecule has 1 aromatic carbocycles. The van der Waals surface area contributed by atoms with E-state index in [-0.39, 0.29) is 0 Å². The molecule has 98 valence electrons. The molecule has 0 atom stereocenters. The zero-order valence-electron chi connectivity index (χ0n) is 9.21. The Morgan fingerprint density at radius 1 is 1.17 bits per heavy atom. The fourth-order valence-electron chi connectivity index (χ4n) is 1.33. The van der Waals surface area contributed by atoms with Gasteiger partial charge in [0, 0.05) is 10.8 Å². The van der Waals surface area contributed by atoms with E-state index in [1.165, 1.54) is 0 Å². The summed E-state index contributed by atoms with van der Waals surface area (Å²) >= 11 is 3.42. The maximum Gasteiger partial charge on any atom is 0.264 e. The Hall–Kier alpha value is -0.960. The van der Waals surface area contributed by atoms with E-state index in [1.807, 2.05) is 24.4 Å². The molecule has 0 unspecified atom stereocenters. The van der Waals surface area contributed by atoms with Crippen molar-refractivity contribution in [3.63, 3.8) is 0 Å². The summed E-state index contributed by atoms with van der Waals surface area (Å²) in [5.41, 5.74) is 1.06. The zero-order valence-corrected chi connectivity index (χ0v) is 11.6. The third-order valence-corrected chi connectivity index (χ3v) is 2.34. The Morgan fingerprint density at radius 2 is 1.72 bits per heavy atom. The quantitative estimate of drug-likeness (QED) is 0.522. The first-order valence-corrected chi connectivity index (χ1v) is 6.60. The van der Waals surface area contributed by atoms with E-state index >= 15 is 0 Å². The summed E-state index contributed by atoms with van der Waals surface area (Å²) in [6, 6.07) is 10.1. The number of para-hydroxylation sites is 1. The molecule has 8 heteroatoms. The van der Waals surface area contributed by atoms with E-state index in [0.717, 1.165) is 15.4 Å². The van der Waals surface area contributed by atoms with Gasteiger partial charge in [-0.25, -0.2) is 18.6 Å². The van der Waals surface area contributed by atoms with Crippen molar-refractivity contribution in [3.8, 4) is 0 Å². The summed E-state index contributed by atoms with van der Waals surface area (Å²) in [7, 11) is -3.29. The van der Waals surface area contributed by atoms with Gasteiger partial charge < -0.3 is 0 Å². The lowest BCUT2D eigenvalue weighted by Gasteiger charge is -2.17. The van der Waals surface area contributed by atoms with Crippen LogP contribution >= 0.6 is 15.9 Å². The van der Waals surface area contributed by atoms with Crippen LogP contribution in [0.15, 0.2) is 41.0 Å². The molecule has 1 aromatic heterocycles. The van der Waals surface area contributed by atoms with E-state index in [0.29, 0.717) is 0 Å². The molecule has 0 amide bonds. The predicted octanol–water partition coefficient (Wildman–Crippen LogP) is -2.81. The zero-order chi connectivity index (χ0) is 13.8. The molecule has 0 fully saturated rings. The molecule has 0 spiro atoms. The van der Waals surface area contributed by atoms with Gasteiger partial charge in [0.15, 0.2) is 0 Å². The third-order valence-electron chi connectivity index (χ3n) is 1.90. The first-order chi connectivity index (χ1) is 8.31. The van der Waals surface area contributed by atoms with E-state index in [9.17, 15) is 0 Å². The van der Waals surface area contributed by atoms with Gasteiger partial charge in [0.25, 0.3) is 5.52 Å². The summed E-state index contributed by atoms with van der Waals surface area (Å²) in [4.78, 5) is 5.19. The second-order valence-corrected chi connectivity index (χ2v) is 4.78. The second-order valence-electron chi connectivity index (χ2n) is 3.10. The molecule has 2 aromatic rings. The molecule has 0 aliphatic carbocycles. The molecule has 18 heavy (non-hydrogen) atoms. The fraction of sp³-hybridized carbons (Fsp3) is 0.100. The van der Waals surface area contributed by atoms with Crippen LogP contribution in [0.1, 0.15) is 0 Å². The average Bonchev–Trinajstić information content (AvgIpc) is 2.25. The van der Waals surface area contributed by atoms with Gasteiger partial charge in [0.05, 0.1) is 9.86 Å². The third kappa shape index (κ3) is 5.13. The molecular weight excluding hydrogens is 329 g/mol. The minimum atomic E-state index is -4.94. The number of nitrogens with zero attached hydrogens (tertiary/aromatic N) is 1. The van der Waals surface area contributed by atoms with Crippen LogP contribution in [0.5, 0.6) is 0 Å². The van der Waals surface area contributed by atoms with Crippen LogP contribution in [0.2, 0.25) is 0 Å². The molecule has 0 saturated heterocycles. The summed E-state index contributed by atoms with van der Waals surface area (Å²) in [5.74, 6) is 0. The lowest BCUT2D eigenvalue weighted by Crippen LogP contribution is -2.68. The Balaban J connectivity index is 0.000000280. The number of hydrogen-bond donors (Lipinski definition) is 0. The maximum atomic E-state index is 8.49. The van der Waals surface area contributed by atoms with E-state index in [1.54, 1.807) is 11.8 Å². The molecule has 2 rings (SSSR count). The van der Waals surface area contributed by atoms with E-state index in [2.05, 4.69) is 28.1 Å². The van der Waals surface area contributed by atoms with Crippen molar-refractivity contribution >= 4 is 26.8 Å². The number of fused-ring (bicyclic) bond motifs is 1. The number of rotatable bonds is 1. The number of aromatic nitrogens is 1. The van der Waals surface area contributed by atoms with Crippen LogP contribution in [-0.2, 0) is 0 Å². The standard InChI is InChI=1S/C10H9BrNO.ClHO4/c1-13-12-7-9(11)6-8-4-2-3-5-10(8)12;2-1(3,4)5/h2-7H,1H3;(H,2,3,4,5)/q+1;/p-1. The van der Waals surface area contributed by atoms with Crippen LogP contribution in [-0.4, -0.2) is 7.11 Å².